The number of halogens is 3. The van der Waals surface area contributed by atoms with E-state index in [1.54, 1.807) is 24.0 Å². The molecule has 2 aromatic heterocycles. The van der Waals surface area contributed by atoms with E-state index in [4.69, 9.17) is 0 Å². The topological polar surface area (TPSA) is 96.1 Å². The first-order valence-corrected chi connectivity index (χ1v) is 10.6. The minimum absolute atomic E-state index is 0.127. The molecule has 2 aromatic carbocycles. The van der Waals surface area contributed by atoms with Gasteiger partial charge in [-0.05, 0) is 48.5 Å². The van der Waals surface area contributed by atoms with Crippen molar-refractivity contribution in [2.75, 3.05) is 0 Å². The van der Waals surface area contributed by atoms with Gasteiger partial charge in [0.2, 0.25) is 9.84 Å². The van der Waals surface area contributed by atoms with E-state index in [-0.39, 0.29) is 21.7 Å². The first-order chi connectivity index (χ1) is 15.0. The van der Waals surface area contributed by atoms with Gasteiger partial charge < -0.3 is 4.74 Å². The van der Waals surface area contributed by atoms with Gasteiger partial charge in [-0.1, -0.05) is 0 Å². The maximum absolute atomic E-state index is 12.9. The maximum atomic E-state index is 12.9. The quantitative estimate of drug-likeness (QED) is 0.451. The summed E-state index contributed by atoms with van der Waals surface area (Å²) in [6.07, 6.45) is -1.77. The van der Waals surface area contributed by atoms with Crippen LogP contribution in [-0.2, 0) is 23.4 Å². The molecule has 0 saturated heterocycles. The number of hydrogen-bond acceptors (Lipinski definition) is 6. The van der Waals surface area contributed by atoms with Crippen LogP contribution >= 0.6 is 0 Å². The van der Waals surface area contributed by atoms with Crippen LogP contribution in [0.3, 0.4) is 0 Å². The number of aryl methyl sites for hydroxylation is 1. The predicted molar refractivity (Wildman–Crippen MR) is 107 cm³/mol. The Bertz CT molecular complexity index is 1460. The number of benzene rings is 2. The van der Waals surface area contributed by atoms with Gasteiger partial charge in [0.05, 0.1) is 33.6 Å². The molecule has 0 atom stereocenters. The summed E-state index contributed by atoms with van der Waals surface area (Å²) in [6.45, 7) is 0.155. The second kappa shape index (κ2) is 7.79. The number of sulfone groups is 1. The van der Waals surface area contributed by atoms with Gasteiger partial charge in [0.25, 0.3) is 5.56 Å². The molecule has 2 heterocycles. The van der Waals surface area contributed by atoms with E-state index in [2.05, 4.69) is 14.9 Å². The third-order valence-electron chi connectivity index (χ3n) is 4.58. The number of hydrogen-bond donors (Lipinski definition) is 0. The van der Waals surface area contributed by atoms with Crippen LogP contribution in [0.15, 0.2) is 75.5 Å². The fourth-order valence-corrected chi connectivity index (χ4v) is 4.40. The molecule has 4 aromatic rings. The van der Waals surface area contributed by atoms with Gasteiger partial charge in [-0.2, -0.15) is 10.2 Å². The van der Waals surface area contributed by atoms with Gasteiger partial charge in [0.1, 0.15) is 5.75 Å². The second-order valence-corrected chi connectivity index (χ2v) is 8.81. The highest BCUT2D eigenvalue weighted by molar-refractivity contribution is 7.91. The summed E-state index contributed by atoms with van der Waals surface area (Å²) >= 11 is 0. The minimum Gasteiger partial charge on any atom is -0.406 e. The lowest BCUT2D eigenvalue weighted by Crippen LogP contribution is -2.23. The van der Waals surface area contributed by atoms with Crippen molar-refractivity contribution >= 4 is 20.6 Å². The maximum Gasteiger partial charge on any atom is 0.573 e. The van der Waals surface area contributed by atoms with Crippen LogP contribution in [0, 0.1) is 0 Å². The van der Waals surface area contributed by atoms with Crippen molar-refractivity contribution in [3.63, 3.8) is 0 Å². The Hall–Kier alpha value is -3.67. The molecular weight excluding hydrogens is 449 g/mol. The summed E-state index contributed by atoms with van der Waals surface area (Å²) in [5.41, 5.74) is 0.226. The fourth-order valence-electron chi connectivity index (χ4n) is 3.10. The summed E-state index contributed by atoms with van der Waals surface area (Å²) in [5, 5.41) is 8.87. The zero-order valence-corrected chi connectivity index (χ0v) is 17.3. The van der Waals surface area contributed by atoms with Crippen molar-refractivity contribution in [1.29, 1.82) is 0 Å². The van der Waals surface area contributed by atoms with Crippen molar-refractivity contribution in [1.82, 2.24) is 19.6 Å². The Morgan fingerprint density at radius 2 is 1.72 bits per heavy atom. The molecule has 0 unspecified atom stereocenters. The minimum atomic E-state index is -4.88. The molecule has 0 aliphatic rings. The van der Waals surface area contributed by atoms with E-state index in [0.29, 0.717) is 11.1 Å². The number of nitrogens with zero attached hydrogens (tertiary/aromatic N) is 4. The number of ether oxygens (including phenoxy) is 1. The highest BCUT2D eigenvalue weighted by atomic mass is 32.2. The summed E-state index contributed by atoms with van der Waals surface area (Å²) < 4.78 is 69.2. The van der Waals surface area contributed by atoms with E-state index < -0.39 is 27.5 Å². The normalized spacial score (nSPS) is 12.2. The SMILES string of the molecule is Cn1ccc(Cn2ncc3cc(S(=O)(=O)c4ccc(OC(F)(F)F)cc4)ccc3c2=O)n1. The summed E-state index contributed by atoms with van der Waals surface area (Å²) in [6, 6.07) is 9.56. The third-order valence-corrected chi connectivity index (χ3v) is 6.35. The number of alkyl halides is 3. The fraction of sp³-hybridized carbons (Fsp3) is 0.150. The molecule has 8 nitrogen and oxygen atoms in total. The smallest absolute Gasteiger partial charge is 0.406 e. The zero-order chi connectivity index (χ0) is 23.1. The van der Waals surface area contributed by atoms with Gasteiger partial charge in [-0.15, -0.1) is 13.2 Å². The monoisotopic (exact) mass is 464 g/mol. The molecule has 166 valence electrons. The Morgan fingerprint density at radius 1 is 1.03 bits per heavy atom. The number of aromatic nitrogens is 4. The Balaban J connectivity index is 1.65. The zero-order valence-electron chi connectivity index (χ0n) is 16.4. The molecule has 0 N–H and O–H groups in total. The molecule has 0 amide bonds. The van der Waals surface area contributed by atoms with Crippen molar-refractivity contribution < 1.29 is 26.3 Å². The summed E-state index contributed by atoms with van der Waals surface area (Å²) in [4.78, 5) is 12.4. The van der Waals surface area contributed by atoms with Crippen molar-refractivity contribution in [3.05, 3.63) is 77.0 Å². The van der Waals surface area contributed by atoms with Crippen molar-refractivity contribution in [2.45, 2.75) is 22.7 Å². The van der Waals surface area contributed by atoms with Crippen LogP contribution in [0.2, 0.25) is 0 Å². The lowest BCUT2D eigenvalue weighted by atomic mass is 10.2. The van der Waals surface area contributed by atoms with Gasteiger partial charge >= 0.3 is 6.36 Å². The van der Waals surface area contributed by atoms with E-state index >= 15 is 0 Å². The largest absolute Gasteiger partial charge is 0.573 e. The standard InChI is InChI=1S/C20H15F3N4O4S/c1-26-9-8-14(25-26)12-27-19(28)18-7-6-17(10-13(18)11-24-27)32(29,30)16-4-2-15(3-5-16)31-20(21,22)23/h2-11H,12H2,1H3. The van der Waals surface area contributed by atoms with Gasteiger partial charge in [-0.3, -0.25) is 9.48 Å². The number of fused-ring (bicyclic) bond motifs is 1. The molecule has 0 fully saturated rings. The van der Waals surface area contributed by atoms with Crippen LogP contribution < -0.4 is 10.3 Å². The Morgan fingerprint density at radius 3 is 2.34 bits per heavy atom. The molecule has 12 heteroatoms. The van der Waals surface area contributed by atoms with E-state index in [1.807, 2.05) is 0 Å². The molecule has 0 spiro atoms. The molecule has 4 rings (SSSR count). The lowest BCUT2D eigenvalue weighted by Gasteiger charge is -2.10. The van der Waals surface area contributed by atoms with E-state index in [9.17, 15) is 26.4 Å². The molecule has 32 heavy (non-hydrogen) atoms. The molecule has 0 radical (unpaired) electrons. The highest BCUT2D eigenvalue weighted by Crippen LogP contribution is 2.27. The lowest BCUT2D eigenvalue weighted by molar-refractivity contribution is -0.274. The molecule has 0 bridgehead atoms. The van der Waals surface area contributed by atoms with Crippen LogP contribution in [0.25, 0.3) is 10.8 Å². The van der Waals surface area contributed by atoms with Gasteiger partial charge in [0, 0.05) is 18.6 Å². The van der Waals surface area contributed by atoms with Gasteiger partial charge in [-0.25, -0.2) is 13.1 Å². The van der Waals surface area contributed by atoms with Crippen LogP contribution in [0.4, 0.5) is 13.2 Å². The average Bonchev–Trinajstić information content (AvgIpc) is 3.14. The van der Waals surface area contributed by atoms with Crippen LogP contribution in [0.1, 0.15) is 5.69 Å². The Labute approximate surface area is 179 Å². The molecular formula is C20H15F3N4O4S. The highest BCUT2D eigenvalue weighted by Gasteiger charge is 2.31. The van der Waals surface area contributed by atoms with Gasteiger partial charge in [0.15, 0.2) is 0 Å². The molecule has 0 aliphatic heterocycles. The molecule has 0 saturated carbocycles. The van der Waals surface area contributed by atoms with Crippen molar-refractivity contribution in [3.8, 4) is 5.75 Å². The molecule has 0 aliphatic carbocycles. The van der Waals surface area contributed by atoms with Crippen molar-refractivity contribution in [2.24, 2.45) is 7.05 Å². The first-order valence-electron chi connectivity index (χ1n) is 9.12. The van der Waals surface area contributed by atoms with E-state index in [1.165, 1.54) is 29.1 Å². The van der Waals surface area contributed by atoms with E-state index in [0.717, 1.165) is 24.3 Å². The summed E-state index contributed by atoms with van der Waals surface area (Å²) in [7, 11) is -2.30. The first kappa shape index (κ1) is 21.6. The van der Waals surface area contributed by atoms with Crippen LogP contribution in [0.5, 0.6) is 5.75 Å². The average molecular weight is 464 g/mol. The Kier molecular flexibility index (Phi) is 5.25. The second-order valence-electron chi connectivity index (χ2n) is 6.86. The summed E-state index contributed by atoms with van der Waals surface area (Å²) in [5.74, 6) is -0.535. The third kappa shape index (κ3) is 4.35. The number of rotatable bonds is 5. The van der Waals surface area contributed by atoms with Crippen LogP contribution in [-0.4, -0.2) is 34.3 Å². The predicted octanol–water partition coefficient (Wildman–Crippen LogP) is 2.91.